The third-order valence-corrected chi connectivity index (χ3v) is 6.70. The highest BCUT2D eigenvalue weighted by atomic mass is 16.7. The minimum Gasteiger partial charge on any atom is -0.454 e. The Morgan fingerprint density at radius 3 is 2.34 bits per heavy atom. The Bertz CT molecular complexity index is 1200. The van der Waals surface area contributed by atoms with E-state index in [2.05, 4.69) is 19.1 Å². The average molecular weight is 427 g/mol. The number of Topliss-reactive ketones (excluding diaryl/α,β-unsaturated/α-hetero) is 2. The number of aryl methyl sites for hydroxylation is 1. The first kappa shape index (κ1) is 20.5. The van der Waals surface area contributed by atoms with Crippen LogP contribution in [0, 0.1) is 6.92 Å². The lowest BCUT2D eigenvalue weighted by Crippen LogP contribution is -2.22. The Hall–Kier alpha value is -3.40. The van der Waals surface area contributed by atoms with E-state index in [1.54, 1.807) is 0 Å². The summed E-state index contributed by atoms with van der Waals surface area (Å²) in [6, 6.07) is 19.9. The fourth-order valence-electron chi connectivity index (χ4n) is 4.60. The van der Waals surface area contributed by atoms with Gasteiger partial charge in [-0.15, -0.1) is 0 Å². The van der Waals surface area contributed by atoms with Crippen LogP contribution in [0.15, 0.2) is 60.7 Å². The van der Waals surface area contributed by atoms with Gasteiger partial charge in [-0.1, -0.05) is 55.5 Å². The van der Waals surface area contributed by atoms with E-state index in [-0.39, 0.29) is 18.4 Å². The molecule has 1 saturated carbocycles. The van der Waals surface area contributed by atoms with E-state index >= 15 is 0 Å². The maximum Gasteiger partial charge on any atom is 0.231 e. The number of fused-ring (bicyclic) bond motifs is 1. The lowest BCUT2D eigenvalue weighted by molar-refractivity contribution is -0.120. The van der Waals surface area contributed by atoms with Gasteiger partial charge >= 0.3 is 0 Å². The van der Waals surface area contributed by atoms with Crippen LogP contribution in [0.25, 0.3) is 11.1 Å². The molecule has 4 nitrogen and oxygen atoms in total. The summed E-state index contributed by atoms with van der Waals surface area (Å²) in [6.07, 6.45) is 2.69. The van der Waals surface area contributed by atoms with Crippen molar-refractivity contribution in [3.63, 3.8) is 0 Å². The standard InChI is InChI=1S/C28H26O4/c1-3-24(29)21-7-5-20(6-8-21)23-10-4-19(14-18(23)2)15-27(30)28(12-13-28)22-9-11-25-26(16-22)32-17-31-25/h4-11,14,16H,3,12-13,15,17H2,1-2H3. The van der Waals surface area contributed by atoms with Gasteiger partial charge < -0.3 is 9.47 Å². The van der Waals surface area contributed by atoms with Crippen LogP contribution >= 0.6 is 0 Å². The first-order valence-electron chi connectivity index (χ1n) is 11.2. The van der Waals surface area contributed by atoms with Crippen LogP contribution in [0.2, 0.25) is 0 Å². The first-order valence-corrected chi connectivity index (χ1v) is 11.2. The van der Waals surface area contributed by atoms with Gasteiger partial charge in [0.2, 0.25) is 6.79 Å². The molecule has 32 heavy (non-hydrogen) atoms. The molecule has 0 unspecified atom stereocenters. The van der Waals surface area contributed by atoms with Gasteiger partial charge in [-0.25, -0.2) is 0 Å². The van der Waals surface area contributed by atoms with Gasteiger partial charge in [-0.2, -0.15) is 0 Å². The third-order valence-electron chi connectivity index (χ3n) is 6.70. The van der Waals surface area contributed by atoms with Gasteiger partial charge in [0.25, 0.3) is 0 Å². The van der Waals surface area contributed by atoms with Gasteiger partial charge in [0, 0.05) is 18.4 Å². The maximum absolute atomic E-state index is 13.3. The van der Waals surface area contributed by atoms with Crippen LogP contribution in [-0.2, 0) is 16.6 Å². The predicted molar refractivity (Wildman–Crippen MR) is 123 cm³/mol. The van der Waals surface area contributed by atoms with E-state index in [9.17, 15) is 9.59 Å². The topological polar surface area (TPSA) is 52.6 Å². The van der Waals surface area contributed by atoms with Gasteiger partial charge in [0.1, 0.15) is 5.78 Å². The first-order chi connectivity index (χ1) is 15.5. The highest BCUT2D eigenvalue weighted by Crippen LogP contribution is 2.51. The fourth-order valence-corrected chi connectivity index (χ4v) is 4.60. The van der Waals surface area contributed by atoms with Crippen molar-refractivity contribution >= 4 is 11.6 Å². The number of benzene rings is 3. The molecule has 2 aliphatic rings. The molecule has 0 N–H and O–H groups in total. The Kier molecular flexibility index (Phi) is 5.09. The van der Waals surface area contributed by atoms with Crippen LogP contribution in [-0.4, -0.2) is 18.4 Å². The molecule has 162 valence electrons. The van der Waals surface area contributed by atoms with Gasteiger partial charge in [-0.3, -0.25) is 9.59 Å². The predicted octanol–water partition coefficient (Wildman–Crippen LogP) is 5.83. The van der Waals surface area contributed by atoms with E-state index in [4.69, 9.17) is 9.47 Å². The molecule has 0 radical (unpaired) electrons. The van der Waals surface area contributed by atoms with E-state index in [0.717, 1.165) is 57.7 Å². The van der Waals surface area contributed by atoms with Crippen molar-refractivity contribution in [3.8, 4) is 22.6 Å². The zero-order chi connectivity index (χ0) is 22.3. The number of rotatable bonds is 7. The zero-order valence-electron chi connectivity index (χ0n) is 18.4. The fraction of sp³-hybridized carbons (Fsp3) is 0.286. The summed E-state index contributed by atoms with van der Waals surface area (Å²) in [5, 5.41) is 0. The van der Waals surface area contributed by atoms with Gasteiger partial charge in [-0.05, 0) is 59.7 Å². The Morgan fingerprint density at radius 1 is 0.906 bits per heavy atom. The minimum atomic E-state index is -0.394. The molecule has 0 atom stereocenters. The van der Waals surface area contributed by atoms with Crippen LogP contribution in [0.4, 0.5) is 0 Å². The van der Waals surface area contributed by atoms with Crippen LogP contribution in [0.1, 0.15) is 53.2 Å². The van der Waals surface area contributed by atoms with Crippen molar-refractivity contribution in [2.75, 3.05) is 6.79 Å². The van der Waals surface area contributed by atoms with Crippen molar-refractivity contribution in [2.45, 2.75) is 44.9 Å². The summed E-state index contributed by atoms with van der Waals surface area (Å²) in [5.74, 6) is 1.88. The summed E-state index contributed by atoms with van der Waals surface area (Å²) in [5.41, 5.74) is 5.73. The van der Waals surface area contributed by atoms with Crippen LogP contribution in [0.3, 0.4) is 0 Å². The number of ether oxygens (including phenoxy) is 2. The largest absolute Gasteiger partial charge is 0.454 e. The van der Waals surface area contributed by atoms with Gasteiger partial charge in [0.15, 0.2) is 17.3 Å². The Balaban J connectivity index is 1.33. The van der Waals surface area contributed by atoms with E-state index < -0.39 is 5.41 Å². The highest BCUT2D eigenvalue weighted by molar-refractivity contribution is 5.96. The van der Waals surface area contributed by atoms with E-state index in [1.165, 1.54) is 0 Å². The normalized spacial score (nSPS) is 15.4. The van der Waals surface area contributed by atoms with Crippen LogP contribution < -0.4 is 9.47 Å². The van der Waals surface area contributed by atoms with Crippen molar-refractivity contribution in [3.05, 3.63) is 82.9 Å². The second-order valence-electron chi connectivity index (χ2n) is 8.75. The number of carbonyl (C=O) groups is 2. The molecule has 0 spiro atoms. The minimum absolute atomic E-state index is 0.151. The summed E-state index contributed by atoms with van der Waals surface area (Å²) in [6.45, 7) is 4.18. The molecule has 1 heterocycles. The molecule has 1 fully saturated rings. The molecule has 3 aromatic rings. The average Bonchev–Trinajstić information content (AvgIpc) is 3.49. The quantitative estimate of drug-likeness (QED) is 0.446. The molecule has 0 aromatic heterocycles. The van der Waals surface area contributed by atoms with Crippen molar-refractivity contribution in [2.24, 2.45) is 0 Å². The lowest BCUT2D eigenvalue weighted by atomic mass is 9.87. The maximum atomic E-state index is 13.3. The van der Waals surface area contributed by atoms with Crippen molar-refractivity contribution in [1.82, 2.24) is 0 Å². The molecule has 5 rings (SSSR count). The third kappa shape index (κ3) is 3.60. The number of hydrogen-bond donors (Lipinski definition) is 0. The Morgan fingerprint density at radius 2 is 1.66 bits per heavy atom. The lowest BCUT2D eigenvalue weighted by Gasteiger charge is -2.16. The SMILES string of the molecule is CCC(=O)c1ccc(-c2ccc(CC(=O)C3(c4ccc5c(c4)OCO5)CC3)cc2C)cc1. The molecule has 0 bridgehead atoms. The summed E-state index contributed by atoms with van der Waals surface area (Å²) in [4.78, 5) is 25.2. The van der Waals surface area contributed by atoms with E-state index in [1.807, 2.05) is 55.5 Å². The van der Waals surface area contributed by atoms with Crippen molar-refractivity contribution in [1.29, 1.82) is 0 Å². The molecule has 1 aliphatic heterocycles. The monoisotopic (exact) mass is 426 g/mol. The van der Waals surface area contributed by atoms with Crippen molar-refractivity contribution < 1.29 is 19.1 Å². The van der Waals surface area contributed by atoms with Gasteiger partial charge in [0.05, 0.1) is 5.41 Å². The summed E-state index contributed by atoms with van der Waals surface area (Å²) < 4.78 is 10.9. The molecular formula is C28H26O4. The summed E-state index contributed by atoms with van der Waals surface area (Å²) in [7, 11) is 0. The molecule has 0 saturated heterocycles. The zero-order valence-corrected chi connectivity index (χ0v) is 18.4. The number of ketones is 2. The molecule has 0 amide bonds. The highest BCUT2D eigenvalue weighted by Gasteiger charge is 2.50. The summed E-state index contributed by atoms with van der Waals surface area (Å²) >= 11 is 0. The second kappa shape index (κ2) is 7.94. The molecular weight excluding hydrogens is 400 g/mol. The molecule has 3 aromatic carbocycles. The number of carbonyl (C=O) groups excluding carboxylic acids is 2. The smallest absolute Gasteiger partial charge is 0.231 e. The van der Waals surface area contributed by atoms with E-state index in [0.29, 0.717) is 12.8 Å². The second-order valence-corrected chi connectivity index (χ2v) is 8.75. The Labute approximate surface area is 188 Å². The molecule has 4 heteroatoms. The van der Waals surface area contributed by atoms with Crippen LogP contribution in [0.5, 0.6) is 11.5 Å². The number of hydrogen-bond acceptors (Lipinski definition) is 4. The molecule has 1 aliphatic carbocycles.